The van der Waals surface area contributed by atoms with Crippen molar-refractivity contribution in [1.82, 2.24) is 0 Å². The van der Waals surface area contributed by atoms with E-state index in [2.05, 4.69) is 14.9 Å². The van der Waals surface area contributed by atoms with E-state index in [1.807, 2.05) is 5.34 Å². The van der Waals surface area contributed by atoms with Gasteiger partial charge < -0.3 is 0 Å². The fourth-order valence-electron chi connectivity index (χ4n) is 0.130. The summed E-state index contributed by atoms with van der Waals surface area (Å²) in [5.74, 6) is 0. The van der Waals surface area contributed by atoms with Crippen LogP contribution in [0.15, 0.2) is 5.34 Å². The summed E-state index contributed by atoms with van der Waals surface area (Å²) < 4.78 is 0. The van der Waals surface area contributed by atoms with Crippen LogP contribution in [0.2, 0.25) is 0 Å². The first-order valence-electron chi connectivity index (χ1n) is 2.40. The lowest BCUT2D eigenvalue weighted by molar-refractivity contribution is -0.540. The van der Waals surface area contributed by atoms with Crippen LogP contribution < -0.4 is 0 Å². The molecule has 0 rings (SSSR count). The maximum atomic E-state index is 9.21. The highest BCUT2D eigenvalue weighted by molar-refractivity contribution is 4.53. The van der Waals surface area contributed by atoms with Gasteiger partial charge in [-0.2, -0.15) is 4.89 Å². The topological polar surface area (TPSA) is 57.1 Å². The van der Waals surface area contributed by atoms with Crippen LogP contribution in [0.5, 0.6) is 0 Å². The molecule has 0 aromatic rings. The first-order valence-corrected chi connectivity index (χ1v) is 2.40. The van der Waals surface area contributed by atoms with E-state index >= 15 is 0 Å². The molecular weight excluding hydrogens is 126 g/mol. The molecule has 54 valence electrons. The number of nitrogens with zero attached hydrogens (tertiary/aromatic N) is 1. The molecule has 0 atom stereocenters. The molecule has 0 N–H and O–H groups in total. The molecule has 0 amide bonds. The largest absolute Gasteiger partial charge is 0.193 e. The van der Waals surface area contributed by atoms with Gasteiger partial charge >= 0.3 is 0 Å². The molecule has 0 radical (unpaired) electrons. The zero-order valence-electron chi connectivity index (χ0n) is 5.58. The summed E-state index contributed by atoms with van der Waals surface area (Å²) in [5.41, 5.74) is -0.495. The third-order valence-corrected chi connectivity index (χ3v) is 0.345. The number of rotatable bonds is 3. The van der Waals surface area contributed by atoms with Gasteiger partial charge in [-0.1, -0.05) is 0 Å². The van der Waals surface area contributed by atoms with Gasteiger partial charge in [0.2, 0.25) is 0 Å². The summed E-state index contributed by atoms with van der Waals surface area (Å²) >= 11 is 0. The first-order chi connectivity index (χ1) is 4.06. The van der Waals surface area contributed by atoms with Crippen molar-refractivity contribution in [3.05, 3.63) is 4.91 Å². The molecule has 0 aliphatic carbocycles. The van der Waals surface area contributed by atoms with Crippen LogP contribution in [0.25, 0.3) is 0 Å². The molecule has 5 nitrogen and oxygen atoms in total. The number of hydrogen-bond donors (Lipinski definition) is 0. The van der Waals surface area contributed by atoms with Gasteiger partial charge in [-0.05, 0) is 20.8 Å². The second kappa shape index (κ2) is 3.37. The minimum atomic E-state index is -0.495. The summed E-state index contributed by atoms with van der Waals surface area (Å²) in [6, 6.07) is 0. The molecule has 0 saturated carbocycles. The predicted molar refractivity (Wildman–Crippen MR) is 28.8 cm³/mol. The molecule has 5 heteroatoms. The van der Waals surface area contributed by atoms with Gasteiger partial charge in [-0.15, -0.1) is 9.90 Å². The Kier molecular flexibility index (Phi) is 3.11. The summed E-state index contributed by atoms with van der Waals surface area (Å²) in [4.78, 5) is 17.2. The monoisotopic (exact) mass is 135 g/mol. The van der Waals surface area contributed by atoms with Crippen LogP contribution in [-0.2, 0) is 14.9 Å². The highest BCUT2D eigenvalue weighted by Gasteiger charge is 2.11. The predicted octanol–water partition coefficient (Wildman–Crippen LogP) is 1.35. The van der Waals surface area contributed by atoms with Gasteiger partial charge in [-0.3, -0.25) is 0 Å². The zero-order chi connectivity index (χ0) is 7.33. The van der Waals surface area contributed by atoms with Crippen LogP contribution in [0.1, 0.15) is 20.8 Å². The number of hydrogen-bond acceptors (Lipinski definition) is 5. The van der Waals surface area contributed by atoms with Crippen LogP contribution >= 0.6 is 0 Å². The second-order valence-electron chi connectivity index (χ2n) is 2.41. The van der Waals surface area contributed by atoms with E-state index in [4.69, 9.17) is 0 Å². The Hall–Kier alpha value is -0.680. The maximum absolute atomic E-state index is 9.21. The molecule has 0 aromatic heterocycles. The van der Waals surface area contributed by atoms with Gasteiger partial charge in [0.1, 0.15) is 0 Å². The Bertz CT molecular complexity index is 87.1. The molecule has 0 heterocycles. The highest BCUT2D eigenvalue weighted by Crippen LogP contribution is 2.06. The van der Waals surface area contributed by atoms with Gasteiger partial charge in [0.25, 0.3) is 0 Å². The molecule has 0 fully saturated rings. The van der Waals surface area contributed by atoms with Crippen molar-refractivity contribution >= 4 is 0 Å². The molecule has 0 aliphatic rings. The molecule has 0 bridgehead atoms. The quantitative estimate of drug-likeness (QED) is 0.253. The first kappa shape index (κ1) is 8.32. The summed E-state index contributed by atoms with van der Waals surface area (Å²) in [5, 5.41) is 5.81. The Balaban J connectivity index is 3.17. The normalized spacial score (nSPS) is 11.0. The molecule has 0 aromatic carbocycles. The van der Waals surface area contributed by atoms with E-state index < -0.39 is 5.60 Å². The fourth-order valence-corrected chi connectivity index (χ4v) is 0.130. The second-order valence-corrected chi connectivity index (χ2v) is 2.41. The SMILES string of the molecule is CC(C)(C)OOON=O. The lowest BCUT2D eigenvalue weighted by Gasteiger charge is -2.13. The van der Waals surface area contributed by atoms with Gasteiger partial charge in [0, 0.05) is 5.04 Å². The molecule has 9 heavy (non-hydrogen) atoms. The van der Waals surface area contributed by atoms with Crippen molar-refractivity contribution in [2.75, 3.05) is 0 Å². The van der Waals surface area contributed by atoms with Crippen molar-refractivity contribution in [2.45, 2.75) is 26.4 Å². The third-order valence-electron chi connectivity index (χ3n) is 0.345. The van der Waals surface area contributed by atoms with Crippen molar-refractivity contribution in [1.29, 1.82) is 0 Å². The Labute approximate surface area is 52.7 Å². The zero-order valence-corrected chi connectivity index (χ0v) is 5.58. The molecule has 0 spiro atoms. The van der Waals surface area contributed by atoms with E-state index in [1.165, 1.54) is 0 Å². The van der Waals surface area contributed by atoms with E-state index in [9.17, 15) is 4.91 Å². The Morgan fingerprint density at radius 1 is 1.33 bits per heavy atom. The lowest BCUT2D eigenvalue weighted by Crippen LogP contribution is -2.18. The van der Waals surface area contributed by atoms with Crippen LogP contribution in [0.4, 0.5) is 0 Å². The average Bonchev–Trinajstić information content (AvgIpc) is 1.63. The molecule has 0 unspecified atom stereocenters. The minimum Gasteiger partial charge on any atom is -0.189 e. The Morgan fingerprint density at radius 3 is 2.22 bits per heavy atom. The molecule has 0 saturated heterocycles. The summed E-state index contributed by atoms with van der Waals surface area (Å²) in [6.45, 7) is 5.21. The van der Waals surface area contributed by atoms with Crippen molar-refractivity contribution in [3.63, 3.8) is 0 Å². The van der Waals surface area contributed by atoms with Gasteiger partial charge in [0.05, 0.1) is 5.60 Å². The molecule has 0 aliphatic heterocycles. The van der Waals surface area contributed by atoms with Crippen molar-refractivity contribution in [2.24, 2.45) is 5.34 Å². The van der Waals surface area contributed by atoms with E-state index in [0.29, 0.717) is 0 Å². The van der Waals surface area contributed by atoms with Gasteiger partial charge in [0.15, 0.2) is 5.34 Å². The van der Waals surface area contributed by atoms with Crippen LogP contribution in [-0.4, -0.2) is 5.60 Å². The van der Waals surface area contributed by atoms with Crippen molar-refractivity contribution in [3.8, 4) is 0 Å². The summed E-state index contributed by atoms with van der Waals surface area (Å²) in [7, 11) is 0. The fraction of sp³-hybridized carbons (Fsp3) is 1.00. The smallest absolute Gasteiger partial charge is 0.189 e. The van der Waals surface area contributed by atoms with E-state index in [0.717, 1.165) is 0 Å². The van der Waals surface area contributed by atoms with Crippen LogP contribution in [0, 0.1) is 4.91 Å². The summed E-state index contributed by atoms with van der Waals surface area (Å²) in [6.07, 6.45) is 0. The van der Waals surface area contributed by atoms with Gasteiger partial charge in [-0.25, -0.2) is 0 Å². The maximum Gasteiger partial charge on any atom is 0.193 e. The average molecular weight is 135 g/mol. The van der Waals surface area contributed by atoms with Crippen molar-refractivity contribution < 1.29 is 14.9 Å². The third kappa shape index (κ3) is 7.32. The highest BCUT2D eigenvalue weighted by atomic mass is 17.5. The Morgan fingerprint density at radius 2 is 1.89 bits per heavy atom. The van der Waals surface area contributed by atoms with E-state index in [-0.39, 0.29) is 0 Å². The van der Waals surface area contributed by atoms with E-state index in [1.54, 1.807) is 20.8 Å². The minimum absolute atomic E-state index is 0.495. The van der Waals surface area contributed by atoms with Crippen LogP contribution in [0.3, 0.4) is 0 Å². The lowest BCUT2D eigenvalue weighted by atomic mass is 10.2. The molecular formula is C4H9NO4. The standard InChI is InChI=1S/C4H9NO4/c1-4(2,3)7-9-8-5-6/h1-3H3.